The molecular weight excluding hydrogens is 224 g/mol. The van der Waals surface area contributed by atoms with Crippen LogP contribution in [0.15, 0.2) is 33.9 Å². The van der Waals surface area contributed by atoms with Crippen molar-refractivity contribution >= 4 is 31.6 Å². The molecule has 1 N–H and O–H groups in total. The van der Waals surface area contributed by atoms with E-state index < -0.39 is 0 Å². The van der Waals surface area contributed by atoms with E-state index >= 15 is 0 Å². The van der Waals surface area contributed by atoms with Gasteiger partial charge in [0.1, 0.15) is 4.70 Å². The topological polar surface area (TPSA) is 54.9 Å². The van der Waals surface area contributed by atoms with Crippen LogP contribution < -0.4 is 11.2 Å². The number of hydrogen-bond acceptors (Lipinski definition) is 3. The number of aromatic amines is 1. The second-order valence-electron chi connectivity index (χ2n) is 3.59. The third-order valence-corrected chi connectivity index (χ3v) is 3.79. The van der Waals surface area contributed by atoms with E-state index in [1.165, 1.54) is 15.9 Å². The van der Waals surface area contributed by atoms with E-state index in [2.05, 4.69) is 4.98 Å². The number of aryl methyl sites for hydroxylation is 1. The van der Waals surface area contributed by atoms with Crippen LogP contribution in [0.25, 0.3) is 20.3 Å². The van der Waals surface area contributed by atoms with Gasteiger partial charge in [-0.2, -0.15) is 0 Å². The fraction of sp³-hybridized carbons (Fsp3) is 0.0909. The Morgan fingerprint density at radius 1 is 1.25 bits per heavy atom. The number of nitrogens with zero attached hydrogens (tertiary/aromatic N) is 1. The second kappa shape index (κ2) is 3.05. The molecule has 2 aromatic heterocycles. The van der Waals surface area contributed by atoms with E-state index in [9.17, 15) is 9.59 Å². The summed E-state index contributed by atoms with van der Waals surface area (Å²) in [5.74, 6) is 0. The van der Waals surface area contributed by atoms with Crippen LogP contribution in [0, 0.1) is 0 Å². The van der Waals surface area contributed by atoms with Gasteiger partial charge in [-0.15, -0.1) is 11.3 Å². The maximum absolute atomic E-state index is 11.7. The van der Waals surface area contributed by atoms with Crippen LogP contribution in [0.3, 0.4) is 0 Å². The summed E-state index contributed by atoms with van der Waals surface area (Å²) in [6.45, 7) is 0. The monoisotopic (exact) mass is 232 g/mol. The maximum atomic E-state index is 11.7. The molecule has 0 amide bonds. The Bertz CT molecular complexity index is 810. The van der Waals surface area contributed by atoms with E-state index in [0.717, 1.165) is 10.1 Å². The number of benzene rings is 1. The minimum Gasteiger partial charge on any atom is -0.295 e. The van der Waals surface area contributed by atoms with Crippen LogP contribution in [-0.2, 0) is 7.05 Å². The quantitative estimate of drug-likeness (QED) is 0.637. The minimum absolute atomic E-state index is 0.306. The van der Waals surface area contributed by atoms with Gasteiger partial charge in [-0.25, -0.2) is 4.79 Å². The van der Waals surface area contributed by atoms with Gasteiger partial charge in [0, 0.05) is 17.1 Å². The Labute approximate surface area is 93.8 Å². The van der Waals surface area contributed by atoms with Gasteiger partial charge in [-0.1, -0.05) is 18.2 Å². The largest absolute Gasteiger partial charge is 0.328 e. The normalized spacial score (nSPS) is 11.3. The number of thiophene rings is 1. The SMILES string of the molecule is Cn1c(=O)[nH]c(=O)c2sc3ccccc3c21. The summed E-state index contributed by atoms with van der Waals surface area (Å²) in [5, 5.41) is 0.952. The summed E-state index contributed by atoms with van der Waals surface area (Å²) in [7, 11) is 1.67. The number of fused-ring (bicyclic) bond motifs is 3. The van der Waals surface area contributed by atoms with Crippen molar-refractivity contribution in [3.8, 4) is 0 Å². The fourth-order valence-corrected chi connectivity index (χ4v) is 2.99. The highest BCUT2D eigenvalue weighted by Crippen LogP contribution is 2.29. The predicted octanol–water partition coefficient (Wildman–Crippen LogP) is 1.44. The molecule has 0 unspecified atom stereocenters. The van der Waals surface area contributed by atoms with Crippen molar-refractivity contribution in [2.24, 2.45) is 7.05 Å². The van der Waals surface area contributed by atoms with Crippen molar-refractivity contribution in [2.45, 2.75) is 0 Å². The van der Waals surface area contributed by atoms with Crippen molar-refractivity contribution < 1.29 is 0 Å². The summed E-state index contributed by atoms with van der Waals surface area (Å²) in [5.41, 5.74) is 0.0368. The summed E-state index contributed by atoms with van der Waals surface area (Å²) in [4.78, 5) is 25.5. The molecule has 2 heterocycles. The lowest BCUT2D eigenvalue weighted by atomic mass is 10.2. The van der Waals surface area contributed by atoms with Gasteiger partial charge >= 0.3 is 5.69 Å². The van der Waals surface area contributed by atoms with Gasteiger partial charge in [0.2, 0.25) is 0 Å². The van der Waals surface area contributed by atoms with Gasteiger partial charge < -0.3 is 0 Å². The molecule has 0 radical (unpaired) electrons. The standard InChI is InChI=1S/C11H8N2O2S/c1-13-8-6-4-2-3-5-7(6)16-9(8)10(14)12-11(13)15/h2-5H,1H3,(H,12,14,15). The molecule has 0 saturated carbocycles. The predicted molar refractivity (Wildman–Crippen MR) is 65.2 cm³/mol. The first-order valence-electron chi connectivity index (χ1n) is 4.79. The molecule has 0 saturated heterocycles. The lowest BCUT2D eigenvalue weighted by molar-refractivity contribution is 0.848. The summed E-state index contributed by atoms with van der Waals surface area (Å²) >= 11 is 1.41. The molecule has 16 heavy (non-hydrogen) atoms. The van der Waals surface area contributed by atoms with Crippen molar-refractivity contribution in [3.63, 3.8) is 0 Å². The average Bonchev–Trinajstić information content (AvgIpc) is 2.66. The number of H-pyrrole nitrogens is 1. The van der Waals surface area contributed by atoms with Gasteiger partial charge in [0.25, 0.3) is 5.56 Å². The van der Waals surface area contributed by atoms with Crippen molar-refractivity contribution in [3.05, 3.63) is 45.1 Å². The molecule has 4 nitrogen and oxygen atoms in total. The molecule has 0 aliphatic carbocycles. The highest BCUT2D eigenvalue weighted by atomic mass is 32.1. The molecule has 0 spiro atoms. The first kappa shape index (κ1) is 9.35. The van der Waals surface area contributed by atoms with Crippen LogP contribution in [0.2, 0.25) is 0 Å². The molecule has 1 aromatic carbocycles. The Morgan fingerprint density at radius 2 is 2.00 bits per heavy atom. The summed E-state index contributed by atoms with van der Waals surface area (Å²) < 4.78 is 3.10. The Balaban J connectivity index is 2.77. The first-order valence-corrected chi connectivity index (χ1v) is 5.60. The van der Waals surface area contributed by atoms with E-state index in [1.807, 2.05) is 24.3 Å². The van der Waals surface area contributed by atoms with E-state index in [1.54, 1.807) is 7.05 Å². The van der Waals surface area contributed by atoms with Gasteiger partial charge in [-0.3, -0.25) is 14.3 Å². The number of nitrogens with one attached hydrogen (secondary N) is 1. The molecule has 0 atom stereocenters. The lowest BCUT2D eigenvalue weighted by Gasteiger charge is -1.98. The third-order valence-electron chi connectivity index (χ3n) is 2.64. The number of hydrogen-bond donors (Lipinski definition) is 1. The number of rotatable bonds is 0. The van der Waals surface area contributed by atoms with E-state index in [4.69, 9.17) is 0 Å². The van der Waals surface area contributed by atoms with Crippen molar-refractivity contribution in [2.75, 3.05) is 0 Å². The smallest absolute Gasteiger partial charge is 0.295 e. The average molecular weight is 232 g/mol. The lowest BCUT2D eigenvalue weighted by Crippen LogP contribution is -2.27. The van der Waals surface area contributed by atoms with Crippen LogP contribution in [-0.4, -0.2) is 9.55 Å². The van der Waals surface area contributed by atoms with Crippen molar-refractivity contribution in [1.82, 2.24) is 9.55 Å². The summed E-state index contributed by atoms with van der Waals surface area (Å²) in [6.07, 6.45) is 0. The zero-order valence-electron chi connectivity index (χ0n) is 8.48. The Hall–Kier alpha value is -1.88. The molecule has 5 heteroatoms. The molecule has 0 aliphatic rings. The van der Waals surface area contributed by atoms with Crippen molar-refractivity contribution in [1.29, 1.82) is 0 Å². The molecular formula is C11H8N2O2S. The van der Waals surface area contributed by atoms with Crippen LogP contribution >= 0.6 is 11.3 Å². The zero-order valence-corrected chi connectivity index (χ0v) is 9.30. The molecule has 3 aromatic rings. The molecule has 80 valence electrons. The fourth-order valence-electron chi connectivity index (χ4n) is 1.86. The van der Waals surface area contributed by atoms with E-state index in [0.29, 0.717) is 10.2 Å². The number of aromatic nitrogens is 2. The third kappa shape index (κ3) is 1.09. The van der Waals surface area contributed by atoms with Gasteiger partial charge in [0.05, 0.1) is 5.52 Å². The minimum atomic E-state index is -0.374. The molecule has 3 rings (SSSR count). The van der Waals surface area contributed by atoms with Crippen LogP contribution in [0.4, 0.5) is 0 Å². The second-order valence-corrected chi connectivity index (χ2v) is 4.65. The zero-order chi connectivity index (χ0) is 11.3. The Morgan fingerprint density at radius 3 is 2.81 bits per heavy atom. The summed E-state index contributed by atoms with van der Waals surface area (Å²) in [6, 6.07) is 7.70. The molecule has 0 bridgehead atoms. The first-order chi connectivity index (χ1) is 7.68. The highest BCUT2D eigenvalue weighted by molar-refractivity contribution is 7.25. The highest BCUT2D eigenvalue weighted by Gasteiger charge is 2.11. The molecule has 0 aliphatic heterocycles. The Kier molecular flexibility index (Phi) is 1.79. The maximum Gasteiger partial charge on any atom is 0.328 e. The van der Waals surface area contributed by atoms with E-state index in [-0.39, 0.29) is 11.2 Å². The van der Waals surface area contributed by atoms with Crippen LogP contribution in [0.1, 0.15) is 0 Å². The van der Waals surface area contributed by atoms with Crippen LogP contribution in [0.5, 0.6) is 0 Å². The van der Waals surface area contributed by atoms with Gasteiger partial charge in [-0.05, 0) is 6.07 Å². The molecule has 0 fully saturated rings. The van der Waals surface area contributed by atoms with Gasteiger partial charge in [0.15, 0.2) is 0 Å².